The first kappa shape index (κ1) is 22.5. The molecule has 0 unspecified atom stereocenters. The molecule has 0 spiro atoms. The van der Waals surface area contributed by atoms with Crippen LogP contribution in [0.5, 0.6) is 11.5 Å². The number of carbonyl (C=O) groups excluding carboxylic acids is 1. The molecule has 1 amide bonds. The number of nitro groups is 1. The average Bonchev–Trinajstić information content (AvgIpc) is 3.28. The van der Waals surface area contributed by atoms with Crippen molar-refractivity contribution in [3.05, 3.63) is 99.8 Å². The fraction of sp³-hybridized carbons (Fsp3) is 0.120. The van der Waals surface area contributed by atoms with Crippen LogP contribution in [0.15, 0.2) is 82.3 Å². The van der Waals surface area contributed by atoms with Gasteiger partial charge in [0.05, 0.1) is 17.7 Å². The lowest BCUT2D eigenvalue weighted by molar-refractivity contribution is -0.384. The fourth-order valence-corrected chi connectivity index (χ4v) is 3.18. The van der Waals surface area contributed by atoms with E-state index in [1.165, 1.54) is 18.3 Å². The maximum absolute atomic E-state index is 12.3. The molecule has 1 heterocycles. The Morgan fingerprint density at radius 3 is 2.59 bits per heavy atom. The number of hydrazone groups is 1. The van der Waals surface area contributed by atoms with Gasteiger partial charge in [-0.05, 0) is 60.5 Å². The summed E-state index contributed by atoms with van der Waals surface area (Å²) in [6.07, 6.45) is 1.49. The number of benzene rings is 3. The molecule has 0 bridgehead atoms. The highest BCUT2D eigenvalue weighted by atomic mass is 16.6. The van der Waals surface area contributed by atoms with Gasteiger partial charge in [0.1, 0.15) is 12.2 Å². The molecule has 3 aromatic carbocycles. The first-order chi connectivity index (χ1) is 16.5. The number of nitrogens with one attached hydrogen (secondary N) is 1. The molecule has 1 aromatic heterocycles. The number of carbonyl (C=O) groups is 1. The van der Waals surface area contributed by atoms with Gasteiger partial charge in [-0.2, -0.15) is 5.10 Å². The van der Waals surface area contributed by atoms with Crippen LogP contribution >= 0.6 is 0 Å². The summed E-state index contributed by atoms with van der Waals surface area (Å²) in [6.45, 7) is 2.50. The molecule has 4 aromatic rings. The third kappa shape index (κ3) is 5.39. The number of furan rings is 1. The van der Waals surface area contributed by atoms with E-state index in [0.717, 1.165) is 10.9 Å². The monoisotopic (exact) mass is 459 g/mol. The molecule has 0 saturated carbocycles. The van der Waals surface area contributed by atoms with E-state index < -0.39 is 10.8 Å². The van der Waals surface area contributed by atoms with Gasteiger partial charge >= 0.3 is 5.91 Å². The summed E-state index contributed by atoms with van der Waals surface area (Å²) in [6, 6.07) is 20.4. The van der Waals surface area contributed by atoms with E-state index in [9.17, 15) is 14.9 Å². The maximum Gasteiger partial charge on any atom is 0.307 e. The summed E-state index contributed by atoms with van der Waals surface area (Å²) in [5, 5.41) is 15.6. The van der Waals surface area contributed by atoms with E-state index >= 15 is 0 Å². The summed E-state index contributed by atoms with van der Waals surface area (Å²) >= 11 is 0. The number of nitrogens with zero attached hydrogens (tertiary/aromatic N) is 2. The lowest BCUT2D eigenvalue weighted by atomic mass is 10.2. The Bertz CT molecular complexity index is 1310. The van der Waals surface area contributed by atoms with E-state index in [0.29, 0.717) is 29.3 Å². The molecule has 0 aliphatic heterocycles. The zero-order chi connectivity index (χ0) is 23.9. The van der Waals surface area contributed by atoms with Crippen molar-refractivity contribution in [3.63, 3.8) is 0 Å². The number of amides is 1. The molecule has 0 atom stereocenters. The maximum atomic E-state index is 12.3. The van der Waals surface area contributed by atoms with Crippen molar-refractivity contribution in [2.45, 2.75) is 13.5 Å². The molecule has 0 aliphatic rings. The summed E-state index contributed by atoms with van der Waals surface area (Å²) in [4.78, 5) is 22.6. The van der Waals surface area contributed by atoms with Crippen molar-refractivity contribution in [1.29, 1.82) is 0 Å². The SMILES string of the molecule is CCOc1cc(/C=N/NC(=O)c2cc3ccccc3o2)ccc1OCc1ccc([N+](=O)[O-])cc1. The largest absolute Gasteiger partial charge is 0.490 e. The first-order valence-electron chi connectivity index (χ1n) is 10.5. The zero-order valence-electron chi connectivity index (χ0n) is 18.3. The molecule has 9 nitrogen and oxygen atoms in total. The van der Waals surface area contributed by atoms with Crippen molar-refractivity contribution in [2.24, 2.45) is 5.10 Å². The van der Waals surface area contributed by atoms with E-state index in [1.54, 1.807) is 42.5 Å². The molecule has 0 fully saturated rings. The number of ether oxygens (including phenoxy) is 2. The van der Waals surface area contributed by atoms with Gasteiger partial charge in [0.15, 0.2) is 17.3 Å². The van der Waals surface area contributed by atoms with Crippen LogP contribution in [0.25, 0.3) is 11.0 Å². The minimum absolute atomic E-state index is 0.0230. The summed E-state index contributed by atoms with van der Waals surface area (Å²) in [7, 11) is 0. The predicted molar refractivity (Wildman–Crippen MR) is 126 cm³/mol. The molecule has 34 heavy (non-hydrogen) atoms. The molecular formula is C25H21N3O6. The molecule has 0 saturated heterocycles. The average molecular weight is 459 g/mol. The summed E-state index contributed by atoms with van der Waals surface area (Å²) in [5.74, 6) is 0.740. The second-order valence-electron chi connectivity index (χ2n) is 7.20. The van der Waals surface area contributed by atoms with Crippen molar-refractivity contribution < 1.29 is 23.6 Å². The third-order valence-corrected chi connectivity index (χ3v) is 4.84. The van der Waals surface area contributed by atoms with Crippen LogP contribution in [0.4, 0.5) is 5.69 Å². The first-order valence-corrected chi connectivity index (χ1v) is 10.5. The Balaban J connectivity index is 1.40. The highest BCUT2D eigenvalue weighted by Gasteiger charge is 2.11. The van der Waals surface area contributed by atoms with Crippen LogP contribution in [0.3, 0.4) is 0 Å². The van der Waals surface area contributed by atoms with Crippen molar-refractivity contribution in [1.82, 2.24) is 5.43 Å². The highest BCUT2D eigenvalue weighted by Crippen LogP contribution is 2.29. The van der Waals surface area contributed by atoms with Crippen LogP contribution in [-0.4, -0.2) is 23.7 Å². The topological polar surface area (TPSA) is 116 Å². The number of fused-ring (bicyclic) bond motifs is 1. The zero-order valence-corrected chi connectivity index (χ0v) is 18.3. The molecular weight excluding hydrogens is 438 g/mol. The number of hydrogen-bond donors (Lipinski definition) is 1. The van der Waals surface area contributed by atoms with Gasteiger partial charge in [0, 0.05) is 17.5 Å². The number of rotatable bonds is 9. The number of non-ortho nitro benzene ring substituents is 1. The van der Waals surface area contributed by atoms with Crippen LogP contribution in [0, 0.1) is 10.1 Å². The summed E-state index contributed by atoms with van der Waals surface area (Å²) < 4.78 is 17.0. The van der Waals surface area contributed by atoms with Crippen molar-refractivity contribution >= 4 is 28.8 Å². The third-order valence-electron chi connectivity index (χ3n) is 4.84. The second kappa shape index (κ2) is 10.3. The smallest absolute Gasteiger partial charge is 0.307 e. The minimum Gasteiger partial charge on any atom is -0.490 e. The Morgan fingerprint density at radius 1 is 1.06 bits per heavy atom. The van der Waals surface area contributed by atoms with Crippen molar-refractivity contribution in [2.75, 3.05) is 6.61 Å². The Labute approximate surface area is 194 Å². The van der Waals surface area contributed by atoms with Crippen LogP contribution < -0.4 is 14.9 Å². The molecule has 172 valence electrons. The van der Waals surface area contributed by atoms with Gasteiger partial charge in [-0.3, -0.25) is 14.9 Å². The van der Waals surface area contributed by atoms with Crippen molar-refractivity contribution in [3.8, 4) is 11.5 Å². The molecule has 1 N–H and O–H groups in total. The van der Waals surface area contributed by atoms with Crippen LogP contribution in [-0.2, 0) is 6.61 Å². The standard InChI is InChI=1S/C25H21N3O6/c1-2-32-23-13-18(9-12-22(23)33-16-17-7-10-20(11-8-17)28(30)31)15-26-27-25(29)24-14-19-5-3-4-6-21(19)34-24/h3-15H,2,16H2,1H3,(H,27,29)/b26-15+. The van der Waals surface area contributed by atoms with E-state index in [4.69, 9.17) is 13.9 Å². The second-order valence-corrected chi connectivity index (χ2v) is 7.20. The lowest BCUT2D eigenvalue weighted by Gasteiger charge is -2.12. The summed E-state index contributed by atoms with van der Waals surface area (Å²) in [5.41, 5.74) is 4.58. The lowest BCUT2D eigenvalue weighted by Crippen LogP contribution is -2.16. The molecule has 4 rings (SSSR count). The fourth-order valence-electron chi connectivity index (χ4n) is 3.18. The van der Waals surface area contributed by atoms with Crippen LogP contribution in [0.1, 0.15) is 28.6 Å². The van der Waals surface area contributed by atoms with Gasteiger partial charge in [-0.15, -0.1) is 0 Å². The molecule has 0 radical (unpaired) electrons. The highest BCUT2D eigenvalue weighted by molar-refractivity contribution is 5.96. The molecule has 0 aliphatic carbocycles. The van der Waals surface area contributed by atoms with E-state index in [-0.39, 0.29) is 18.1 Å². The normalized spacial score (nSPS) is 11.0. The van der Waals surface area contributed by atoms with Gasteiger partial charge < -0.3 is 13.9 Å². The Hall–Kier alpha value is -4.66. The number of para-hydroxylation sites is 1. The number of hydrogen-bond acceptors (Lipinski definition) is 7. The van der Waals surface area contributed by atoms with E-state index in [2.05, 4.69) is 10.5 Å². The predicted octanol–water partition coefficient (Wildman–Crippen LogP) is 5.08. The van der Waals surface area contributed by atoms with Gasteiger partial charge in [0.25, 0.3) is 5.69 Å². The van der Waals surface area contributed by atoms with Gasteiger partial charge in [0.2, 0.25) is 0 Å². The molecule has 9 heteroatoms. The van der Waals surface area contributed by atoms with Gasteiger partial charge in [-0.1, -0.05) is 18.2 Å². The number of nitro benzene ring substituents is 1. The Kier molecular flexibility index (Phi) is 6.83. The Morgan fingerprint density at radius 2 is 1.85 bits per heavy atom. The minimum atomic E-state index is -0.458. The van der Waals surface area contributed by atoms with Gasteiger partial charge in [-0.25, -0.2) is 5.43 Å². The van der Waals surface area contributed by atoms with Crippen LogP contribution in [0.2, 0.25) is 0 Å². The van der Waals surface area contributed by atoms with E-state index in [1.807, 2.05) is 25.1 Å². The quantitative estimate of drug-likeness (QED) is 0.212.